The lowest BCUT2D eigenvalue weighted by Crippen LogP contribution is -2.34. The second-order valence-corrected chi connectivity index (χ2v) is 5.74. The Morgan fingerprint density at radius 3 is 2.77 bits per heavy atom. The Morgan fingerprint density at radius 1 is 1.23 bits per heavy atom. The summed E-state index contributed by atoms with van der Waals surface area (Å²) in [6.45, 7) is 4.96. The number of nitrogens with zero attached hydrogens (tertiary/aromatic N) is 5. The first-order valence-electron chi connectivity index (χ1n) is 7.60. The molecule has 1 fully saturated rings. The summed E-state index contributed by atoms with van der Waals surface area (Å²) in [5.74, 6) is 0.459. The van der Waals surface area contributed by atoms with Gasteiger partial charge in [-0.1, -0.05) is 0 Å². The van der Waals surface area contributed by atoms with Gasteiger partial charge in [-0.3, -0.25) is 14.9 Å². The SMILES string of the molecule is COc1ncc(CN2CCC[C@@H](c3cncc(C)n3)C2)cn1. The Morgan fingerprint density at radius 2 is 2.05 bits per heavy atom. The summed E-state index contributed by atoms with van der Waals surface area (Å²) >= 11 is 0. The van der Waals surface area contributed by atoms with Gasteiger partial charge in [0, 0.05) is 49.4 Å². The molecule has 0 aliphatic carbocycles. The van der Waals surface area contributed by atoms with Crippen molar-refractivity contribution in [2.75, 3.05) is 20.2 Å². The molecule has 1 aliphatic rings. The molecule has 1 aliphatic heterocycles. The minimum atomic E-state index is 0.412. The van der Waals surface area contributed by atoms with E-state index in [4.69, 9.17) is 4.74 Å². The highest BCUT2D eigenvalue weighted by molar-refractivity contribution is 5.11. The minimum absolute atomic E-state index is 0.412. The second kappa shape index (κ2) is 6.79. The number of likely N-dealkylation sites (tertiary alicyclic amines) is 1. The lowest BCUT2D eigenvalue weighted by Gasteiger charge is -2.32. The van der Waals surface area contributed by atoms with Crippen LogP contribution in [0.5, 0.6) is 6.01 Å². The van der Waals surface area contributed by atoms with E-state index in [1.54, 1.807) is 13.3 Å². The van der Waals surface area contributed by atoms with Crippen molar-refractivity contribution in [3.05, 3.63) is 41.7 Å². The van der Waals surface area contributed by atoms with E-state index in [0.717, 1.165) is 36.6 Å². The maximum atomic E-state index is 4.99. The molecule has 0 N–H and O–H groups in total. The summed E-state index contributed by atoms with van der Waals surface area (Å²) in [6.07, 6.45) is 9.73. The Bertz CT molecular complexity index is 616. The number of methoxy groups -OCH3 is 1. The Hall–Kier alpha value is -2.08. The van der Waals surface area contributed by atoms with Crippen molar-refractivity contribution < 1.29 is 4.74 Å². The van der Waals surface area contributed by atoms with E-state index >= 15 is 0 Å². The first-order chi connectivity index (χ1) is 10.7. The van der Waals surface area contributed by atoms with Crippen LogP contribution in [-0.2, 0) is 6.54 Å². The molecule has 1 atom stereocenters. The number of piperidine rings is 1. The topological polar surface area (TPSA) is 64.0 Å². The zero-order valence-corrected chi connectivity index (χ0v) is 13.1. The quantitative estimate of drug-likeness (QED) is 0.860. The van der Waals surface area contributed by atoms with Gasteiger partial charge in [0.25, 0.3) is 0 Å². The van der Waals surface area contributed by atoms with Gasteiger partial charge >= 0.3 is 6.01 Å². The van der Waals surface area contributed by atoms with Crippen molar-refractivity contribution in [2.45, 2.75) is 32.2 Å². The number of aryl methyl sites for hydroxylation is 1. The van der Waals surface area contributed by atoms with Gasteiger partial charge in [-0.2, -0.15) is 0 Å². The summed E-state index contributed by atoms with van der Waals surface area (Å²) in [5.41, 5.74) is 3.20. The summed E-state index contributed by atoms with van der Waals surface area (Å²) in [6, 6.07) is 0.412. The van der Waals surface area contributed by atoms with E-state index < -0.39 is 0 Å². The predicted molar refractivity (Wildman–Crippen MR) is 82.6 cm³/mol. The van der Waals surface area contributed by atoms with Crippen LogP contribution < -0.4 is 4.74 Å². The van der Waals surface area contributed by atoms with Gasteiger partial charge in [0.1, 0.15) is 0 Å². The van der Waals surface area contributed by atoms with E-state index in [1.807, 2.05) is 25.5 Å². The molecule has 0 radical (unpaired) electrons. The zero-order valence-electron chi connectivity index (χ0n) is 13.1. The lowest BCUT2D eigenvalue weighted by atomic mass is 9.94. The van der Waals surface area contributed by atoms with Crippen LogP contribution in [0, 0.1) is 6.92 Å². The zero-order chi connectivity index (χ0) is 15.4. The van der Waals surface area contributed by atoms with Gasteiger partial charge in [0.05, 0.1) is 18.5 Å². The molecule has 0 aromatic carbocycles. The predicted octanol–water partition coefficient (Wildman–Crippen LogP) is 1.96. The maximum Gasteiger partial charge on any atom is 0.316 e. The van der Waals surface area contributed by atoms with Crippen LogP contribution in [0.4, 0.5) is 0 Å². The highest BCUT2D eigenvalue weighted by atomic mass is 16.5. The van der Waals surface area contributed by atoms with Crippen LogP contribution in [0.15, 0.2) is 24.8 Å². The Labute approximate surface area is 130 Å². The van der Waals surface area contributed by atoms with Gasteiger partial charge in [0.2, 0.25) is 0 Å². The fraction of sp³-hybridized carbons (Fsp3) is 0.500. The molecule has 1 saturated heterocycles. The maximum absolute atomic E-state index is 4.99. The molecule has 0 unspecified atom stereocenters. The monoisotopic (exact) mass is 299 g/mol. The molecule has 2 aromatic rings. The fourth-order valence-electron chi connectivity index (χ4n) is 2.91. The third kappa shape index (κ3) is 3.57. The Balaban J connectivity index is 1.65. The lowest BCUT2D eigenvalue weighted by molar-refractivity contribution is 0.197. The number of ether oxygens (including phenoxy) is 1. The van der Waals surface area contributed by atoms with Crippen LogP contribution in [0.1, 0.15) is 35.7 Å². The highest BCUT2D eigenvalue weighted by Gasteiger charge is 2.22. The molecule has 2 aromatic heterocycles. The van der Waals surface area contributed by atoms with E-state index in [2.05, 4.69) is 24.8 Å². The van der Waals surface area contributed by atoms with Crippen molar-refractivity contribution in [1.82, 2.24) is 24.8 Å². The number of hydrogen-bond acceptors (Lipinski definition) is 6. The van der Waals surface area contributed by atoms with Crippen LogP contribution in [-0.4, -0.2) is 45.0 Å². The largest absolute Gasteiger partial charge is 0.467 e. The highest BCUT2D eigenvalue weighted by Crippen LogP contribution is 2.26. The summed E-state index contributed by atoms with van der Waals surface area (Å²) in [5, 5.41) is 0. The van der Waals surface area contributed by atoms with Crippen LogP contribution in [0.25, 0.3) is 0 Å². The molecule has 6 nitrogen and oxygen atoms in total. The van der Waals surface area contributed by atoms with Crippen LogP contribution >= 0.6 is 0 Å². The van der Waals surface area contributed by atoms with Gasteiger partial charge < -0.3 is 4.74 Å². The average molecular weight is 299 g/mol. The van der Waals surface area contributed by atoms with E-state index in [0.29, 0.717) is 11.9 Å². The normalized spacial score (nSPS) is 19.1. The van der Waals surface area contributed by atoms with E-state index in [-0.39, 0.29) is 0 Å². The summed E-state index contributed by atoms with van der Waals surface area (Å²) < 4.78 is 4.99. The number of hydrogen-bond donors (Lipinski definition) is 0. The molecule has 116 valence electrons. The molecule has 0 saturated carbocycles. The molecule has 3 rings (SSSR count). The van der Waals surface area contributed by atoms with Crippen molar-refractivity contribution in [1.29, 1.82) is 0 Å². The molecular formula is C16H21N5O. The van der Waals surface area contributed by atoms with Crippen molar-refractivity contribution in [3.8, 4) is 6.01 Å². The van der Waals surface area contributed by atoms with Crippen molar-refractivity contribution in [3.63, 3.8) is 0 Å². The van der Waals surface area contributed by atoms with Gasteiger partial charge in [-0.05, 0) is 26.3 Å². The van der Waals surface area contributed by atoms with Crippen molar-refractivity contribution in [2.24, 2.45) is 0 Å². The average Bonchev–Trinajstić information content (AvgIpc) is 2.56. The van der Waals surface area contributed by atoms with Crippen LogP contribution in [0.2, 0.25) is 0 Å². The molecule has 0 bridgehead atoms. The summed E-state index contributed by atoms with van der Waals surface area (Å²) in [4.78, 5) is 19.7. The first-order valence-corrected chi connectivity index (χ1v) is 7.60. The van der Waals surface area contributed by atoms with Gasteiger partial charge in [0.15, 0.2) is 0 Å². The molecule has 3 heterocycles. The van der Waals surface area contributed by atoms with Gasteiger partial charge in [-0.25, -0.2) is 9.97 Å². The van der Waals surface area contributed by atoms with E-state index in [1.165, 1.54) is 12.8 Å². The first kappa shape index (κ1) is 14.8. The molecule has 0 amide bonds. The van der Waals surface area contributed by atoms with Crippen molar-refractivity contribution >= 4 is 0 Å². The minimum Gasteiger partial charge on any atom is -0.467 e. The third-order valence-electron chi connectivity index (χ3n) is 3.97. The smallest absolute Gasteiger partial charge is 0.316 e. The second-order valence-electron chi connectivity index (χ2n) is 5.74. The number of aromatic nitrogens is 4. The number of rotatable bonds is 4. The fourth-order valence-corrected chi connectivity index (χ4v) is 2.91. The molecular weight excluding hydrogens is 278 g/mol. The third-order valence-corrected chi connectivity index (χ3v) is 3.97. The summed E-state index contributed by atoms with van der Waals surface area (Å²) in [7, 11) is 1.58. The standard InChI is InChI=1S/C16H21N5O/c1-12-6-17-9-15(20-12)14-4-3-5-21(11-14)10-13-7-18-16(22-2)19-8-13/h6-9,14H,3-5,10-11H2,1-2H3/t14-/m1/s1. The molecule has 0 spiro atoms. The van der Waals surface area contributed by atoms with E-state index in [9.17, 15) is 0 Å². The van der Waals surface area contributed by atoms with Crippen LogP contribution in [0.3, 0.4) is 0 Å². The van der Waals surface area contributed by atoms with Gasteiger partial charge in [-0.15, -0.1) is 0 Å². The molecule has 22 heavy (non-hydrogen) atoms. The molecule has 6 heteroatoms. The Kier molecular flexibility index (Phi) is 4.58.